The Morgan fingerprint density at radius 1 is 1.03 bits per heavy atom. The van der Waals surface area contributed by atoms with Crippen LogP contribution in [0.5, 0.6) is 0 Å². The number of piperidine rings is 1. The molecule has 1 aromatic heterocycles. The van der Waals surface area contributed by atoms with E-state index in [9.17, 15) is 9.90 Å². The number of amides is 1. The molecule has 6 heteroatoms. The van der Waals surface area contributed by atoms with Gasteiger partial charge in [-0.1, -0.05) is 48.5 Å². The Bertz CT molecular complexity index is 1170. The van der Waals surface area contributed by atoms with E-state index in [-0.39, 0.29) is 24.1 Å². The normalized spacial score (nSPS) is 25.6. The van der Waals surface area contributed by atoms with Crippen LogP contribution < -0.4 is 0 Å². The number of rotatable bonds is 3. The lowest BCUT2D eigenvalue weighted by Crippen LogP contribution is -2.52. The predicted octanol–water partition coefficient (Wildman–Crippen LogP) is 4.55. The maximum Gasteiger partial charge on any atom is 0.410 e. The molecule has 6 rings (SSSR count). The van der Waals surface area contributed by atoms with Crippen LogP contribution >= 0.6 is 0 Å². The van der Waals surface area contributed by atoms with Gasteiger partial charge in [0, 0.05) is 42.7 Å². The van der Waals surface area contributed by atoms with Crippen LogP contribution in [0.1, 0.15) is 54.2 Å². The second kappa shape index (κ2) is 7.66. The van der Waals surface area contributed by atoms with Gasteiger partial charge in [-0.15, -0.1) is 0 Å². The molecule has 0 radical (unpaired) electrons. The molecule has 2 bridgehead atoms. The third-order valence-corrected chi connectivity index (χ3v) is 7.52. The average molecular weight is 442 g/mol. The van der Waals surface area contributed by atoms with E-state index in [4.69, 9.17) is 4.74 Å². The second-order valence-electron chi connectivity index (χ2n) is 9.56. The fourth-order valence-electron chi connectivity index (χ4n) is 6.05. The van der Waals surface area contributed by atoms with Crippen LogP contribution in [0.3, 0.4) is 0 Å². The molecule has 2 aromatic carbocycles. The van der Waals surface area contributed by atoms with E-state index >= 15 is 0 Å². The van der Waals surface area contributed by atoms with E-state index in [1.54, 1.807) is 6.20 Å². The Labute approximate surface area is 193 Å². The molecule has 2 fully saturated rings. The van der Waals surface area contributed by atoms with E-state index in [2.05, 4.69) is 46.4 Å². The minimum absolute atomic E-state index is 0.0430. The third kappa shape index (κ3) is 3.32. The van der Waals surface area contributed by atoms with E-state index in [0.29, 0.717) is 25.3 Å². The zero-order valence-corrected chi connectivity index (χ0v) is 18.6. The van der Waals surface area contributed by atoms with Gasteiger partial charge in [0.15, 0.2) is 5.82 Å². The van der Waals surface area contributed by atoms with Crippen molar-refractivity contribution >= 4 is 6.09 Å². The lowest BCUT2D eigenvalue weighted by atomic mass is 9.85. The van der Waals surface area contributed by atoms with Gasteiger partial charge in [0.1, 0.15) is 12.2 Å². The highest BCUT2D eigenvalue weighted by atomic mass is 16.6. The monoisotopic (exact) mass is 441 g/mol. The molecule has 1 N–H and O–H groups in total. The standard InChI is InChI=1S/C27H27N3O3/c1-17-12-13-28-25(29-17)27(32)14-18-10-11-19(15-27)30(18)26(31)33-16-24-22-8-4-2-6-20(22)21-7-3-5-9-23(21)24/h2-9,12-13,18-19,24,32H,10-11,14-16H2,1H3. The first kappa shape index (κ1) is 20.4. The minimum Gasteiger partial charge on any atom is -0.448 e. The number of aromatic nitrogens is 2. The summed E-state index contributed by atoms with van der Waals surface area (Å²) in [5, 5.41) is 11.4. The van der Waals surface area contributed by atoms with Crippen LogP contribution in [-0.2, 0) is 10.3 Å². The highest BCUT2D eigenvalue weighted by Gasteiger charge is 2.52. The van der Waals surface area contributed by atoms with E-state index < -0.39 is 5.60 Å². The molecule has 1 amide bonds. The summed E-state index contributed by atoms with van der Waals surface area (Å²) in [5.74, 6) is 0.507. The van der Waals surface area contributed by atoms with E-state index in [0.717, 1.165) is 18.5 Å². The Balaban J connectivity index is 1.19. The topological polar surface area (TPSA) is 75.6 Å². The van der Waals surface area contributed by atoms with Gasteiger partial charge in [0.25, 0.3) is 0 Å². The number of aliphatic hydroxyl groups is 1. The molecular formula is C27H27N3O3. The van der Waals surface area contributed by atoms with Crippen LogP contribution in [0.25, 0.3) is 11.1 Å². The van der Waals surface area contributed by atoms with Crippen molar-refractivity contribution in [1.29, 1.82) is 0 Å². The van der Waals surface area contributed by atoms with Crippen molar-refractivity contribution in [2.45, 2.75) is 56.2 Å². The van der Waals surface area contributed by atoms with Gasteiger partial charge in [0.05, 0.1) is 0 Å². The molecule has 6 nitrogen and oxygen atoms in total. The van der Waals surface area contributed by atoms with E-state index in [1.807, 2.05) is 30.0 Å². The average Bonchev–Trinajstić information content (AvgIpc) is 3.30. The van der Waals surface area contributed by atoms with Gasteiger partial charge in [-0.2, -0.15) is 0 Å². The molecule has 3 aromatic rings. The number of ether oxygens (including phenoxy) is 1. The number of benzene rings is 2. The highest BCUT2D eigenvalue weighted by Crippen LogP contribution is 2.46. The maximum absolute atomic E-state index is 13.2. The van der Waals surface area contributed by atoms with Crippen LogP contribution in [0.4, 0.5) is 4.79 Å². The summed E-state index contributed by atoms with van der Waals surface area (Å²) in [4.78, 5) is 23.9. The number of nitrogens with zero attached hydrogens (tertiary/aromatic N) is 3. The summed E-state index contributed by atoms with van der Waals surface area (Å²) < 4.78 is 5.93. The van der Waals surface area contributed by atoms with Crippen LogP contribution in [0.2, 0.25) is 0 Å². The molecule has 168 valence electrons. The molecule has 2 unspecified atom stereocenters. The van der Waals surface area contributed by atoms with Crippen LogP contribution in [0.15, 0.2) is 60.8 Å². The summed E-state index contributed by atoms with van der Waals surface area (Å²) in [6.45, 7) is 2.21. The molecule has 3 aliphatic rings. The lowest BCUT2D eigenvalue weighted by molar-refractivity contribution is -0.0590. The van der Waals surface area contributed by atoms with Crippen molar-refractivity contribution in [2.75, 3.05) is 6.61 Å². The number of hydrogen-bond donors (Lipinski definition) is 1. The van der Waals surface area contributed by atoms with Gasteiger partial charge in [-0.05, 0) is 48.1 Å². The highest BCUT2D eigenvalue weighted by molar-refractivity contribution is 5.79. The molecule has 2 aliphatic heterocycles. The number of carbonyl (C=O) groups is 1. The SMILES string of the molecule is Cc1ccnc(C2(O)CC3CCC(C2)N3C(=O)OCC2c3ccccc3-c3ccccc32)n1. The van der Waals surface area contributed by atoms with Crippen LogP contribution in [0, 0.1) is 6.92 Å². The predicted molar refractivity (Wildman–Crippen MR) is 124 cm³/mol. The first-order valence-electron chi connectivity index (χ1n) is 11.7. The fourth-order valence-corrected chi connectivity index (χ4v) is 6.05. The zero-order valence-electron chi connectivity index (χ0n) is 18.6. The minimum atomic E-state index is -1.10. The molecule has 33 heavy (non-hydrogen) atoms. The number of aryl methyl sites for hydroxylation is 1. The Morgan fingerprint density at radius 3 is 2.24 bits per heavy atom. The van der Waals surface area contributed by atoms with Gasteiger partial charge in [-0.25, -0.2) is 14.8 Å². The summed E-state index contributed by atoms with van der Waals surface area (Å²) in [7, 11) is 0. The lowest BCUT2D eigenvalue weighted by Gasteiger charge is -2.42. The van der Waals surface area contributed by atoms with Crippen molar-refractivity contribution in [3.05, 3.63) is 83.4 Å². The van der Waals surface area contributed by atoms with Crippen molar-refractivity contribution in [2.24, 2.45) is 0 Å². The Kier molecular flexibility index (Phi) is 4.73. The molecule has 0 spiro atoms. The maximum atomic E-state index is 13.2. The number of carbonyl (C=O) groups excluding carboxylic acids is 1. The summed E-state index contributed by atoms with van der Waals surface area (Å²) in [5.41, 5.74) is 4.58. The first-order valence-corrected chi connectivity index (χ1v) is 11.7. The van der Waals surface area contributed by atoms with Gasteiger partial charge in [0.2, 0.25) is 0 Å². The Morgan fingerprint density at radius 2 is 1.64 bits per heavy atom. The fraction of sp³-hybridized carbons (Fsp3) is 0.370. The number of hydrogen-bond acceptors (Lipinski definition) is 5. The van der Waals surface area contributed by atoms with E-state index in [1.165, 1.54) is 22.3 Å². The van der Waals surface area contributed by atoms with Gasteiger partial charge >= 0.3 is 6.09 Å². The van der Waals surface area contributed by atoms with Crippen molar-refractivity contribution in [1.82, 2.24) is 14.9 Å². The molecule has 1 aliphatic carbocycles. The van der Waals surface area contributed by atoms with Crippen molar-refractivity contribution in [3.63, 3.8) is 0 Å². The molecule has 0 saturated carbocycles. The largest absolute Gasteiger partial charge is 0.448 e. The van der Waals surface area contributed by atoms with Gasteiger partial charge in [-0.3, -0.25) is 0 Å². The molecule has 3 heterocycles. The molecule has 2 atom stereocenters. The Hall–Kier alpha value is -3.25. The number of fused-ring (bicyclic) bond motifs is 5. The second-order valence-corrected chi connectivity index (χ2v) is 9.56. The van der Waals surface area contributed by atoms with Crippen molar-refractivity contribution in [3.8, 4) is 11.1 Å². The first-order chi connectivity index (χ1) is 16.0. The zero-order chi connectivity index (χ0) is 22.6. The van der Waals surface area contributed by atoms with Crippen LogP contribution in [-0.4, -0.2) is 44.8 Å². The quantitative estimate of drug-likeness (QED) is 0.645. The van der Waals surface area contributed by atoms with Gasteiger partial charge < -0.3 is 14.7 Å². The summed E-state index contributed by atoms with van der Waals surface area (Å²) in [6.07, 6.45) is 4.02. The van der Waals surface area contributed by atoms with Crippen molar-refractivity contribution < 1.29 is 14.6 Å². The summed E-state index contributed by atoms with van der Waals surface area (Å²) in [6, 6.07) is 18.4. The molecule has 2 saturated heterocycles. The smallest absolute Gasteiger partial charge is 0.410 e. The third-order valence-electron chi connectivity index (χ3n) is 7.52. The molecular weight excluding hydrogens is 414 g/mol. The summed E-state index contributed by atoms with van der Waals surface area (Å²) >= 11 is 0.